The number of halogens is 1. The van der Waals surface area contributed by atoms with E-state index in [9.17, 15) is 4.79 Å². The van der Waals surface area contributed by atoms with Gasteiger partial charge in [0.15, 0.2) is 0 Å². The van der Waals surface area contributed by atoms with Crippen LogP contribution in [0.3, 0.4) is 0 Å². The summed E-state index contributed by atoms with van der Waals surface area (Å²) in [5.74, 6) is 0.145. The van der Waals surface area contributed by atoms with Crippen molar-refractivity contribution in [3.63, 3.8) is 0 Å². The van der Waals surface area contributed by atoms with Crippen molar-refractivity contribution in [2.75, 3.05) is 13.2 Å². The Labute approximate surface area is 111 Å². The van der Waals surface area contributed by atoms with Crippen molar-refractivity contribution in [3.8, 4) is 6.01 Å². The first-order valence-electron chi connectivity index (χ1n) is 5.70. The minimum Gasteiger partial charge on any atom is -0.462 e. The Morgan fingerprint density at radius 1 is 1.33 bits per heavy atom. The van der Waals surface area contributed by atoms with E-state index >= 15 is 0 Å². The molecule has 1 rings (SSSR count). The summed E-state index contributed by atoms with van der Waals surface area (Å²) in [6.07, 6.45) is 0.752. The Morgan fingerprint density at radius 3 is 2.67 bits per heavy atom. The monoisotopic (exact) mass is 273 g/mol. The summed E-state index contributed by atoms with van der Waals surface area (Å²) in [7, 11) is 0. The Balaban J connectivity index is 2.31. The maximum Gasteiger partial charge on any atom is 0.321 e. The maximum atomic E-state index is 11.4. The van der Waals surface area contributed by atoms with Gasteiger partial charge in [-0.1, -0.05) is 13.8 Å². The normalized spacial score (nSPS) is 12.0. The molecule has 0 aromatic carbocycles. The number of nitrogens with zero attached hydrogens (tertiary/aromatic N) is 3. The van der Waals surface area contributed by atoms with Gasteiger partial charge in [0.05, 0.1) is 5.92 Å². The van der Waals surface area contributed by atoms with E-state index in [-0.39, 0.29) is 36.4 Å². The molecule has 1 aromatic rings. The van der Waals surface area contributed by atoms with Gasteiger partial charge in [-0.05, 0) is 24.9 Å². The van der Waals surface area contributed by atoms with E-state index in [2.05, 4.69) is 15.0 Å². The van der Waals surface area contributed by atoms with Crippen LogP contribution in [0.5, 0.6) is 6.01 Å². The second-order valence-corrected chi connectivity index (χ2v) is 4.10. The lowest BCUT2D eigenvalue weighted by Gasteiger charge is -2.09. The average Bonchev–Trinajstić information content (AvgIpc) is 2.32. The third kappa shape index (κ3) is 4.83. The van der Waals surface area contributed by atoms with E-state index < -0.39 is 0 Å². The molecule has 0 amide bonds. The Hall–Kier alpha value is -1.43. The Morgan fingerprint density at radius 2 is 2.06 bits per heavy atom. The smallest absolute Gasteiger partial charge is 0.321 e. The minimum atomic E-state index is -0.231. The van der Waals surface area contributed by atoms with Crippen LogP contribution in [-0.2, 0) is 9.53 Å². The van der Waals surface area contributed by atoms with E-state index in [0.717, 1.165) is 6.42 Å². The third-order valence-electron chi connectivity index (χ3n) is 2.27. The summed E-state index contributed by atoms with van der Waals surface area (Å²) in [5, 5.41) is 0.0779. The fourth-order valence-corrected chi connectivity index (χ4v) is 1.27. The molecule has 0 aliphatic carbocycles. The van der Waals surface area contributed by atoms with Gasteiger partial charge in [0.2, 0.25) is 5.28 Å². The van der Waals surface area contributed by atoms with Gasteiger partial charge < -0.3 is 9.47 Å². The number of esters is 1. The van der Waals surface area contributed by atoms with Gasteiger partial charge in [-0.2, -0.15) is 9.97 Å². The largest absolute Gasteiger partial charge is 0.462 e. The van der Waals surface area contributed by atoms with Crippen LogP contribution >= 0.6 is 11.6 Å². The van der Waals surface area contributed by atoms with Crippen LogP contribution in [0.4, 0.5) is 0 Å². The number of aryl methyl sites for hydroxylation is 1. The average molecular weight is 274 g/mol. The third-order valence-corrected chi connectivity index (χ3v) is 2.44. The van der Waals surface area contributed by atoms with Gasteiger partial charge in [0, 0.05) is 0 Å². The molecule has 0 spiro atoms. The lowest BCUT2D eigenvalue weighted by Crippen LogP contribution is -2.18. The van der Waals surface area contributed by atoms with Crippen molar-refractivity contribution < 1.29 is 14.3 Å². The van der Waals surface area contributed by atoms with Gasteiger partial charge in [0.25, 0.3) is 0 Å². The standard InChI is InChI=1S/C11H16ClN3O3/c1-4-7(2)9(16)17-5-6-18-11-14-8(3)13-10(12)15-11/h7H,4-6H2,1-3H3. The molecule has 0 aliphatic rings. The van der Waals surface area contributed by atoms with E-state index in [0.29, 0.717) is 5.82 Å². The lowest BCUT2D eigenvalue weighted by molar-refractivity contribution is -0.148. The van der Waals surface area contributed by atoms with Crippen molar-refractivity contribution in [1.29, 1.82) is 0 Å². The van der Waals surface area contributed by atoms with E-state index in [4.69, 9.17) is 21.1 Å². The van der Waals surface area contributed by atoms with Crippen molar-refractivity contribution >= 4 is 17.6 Å². The van der Waals surface area contributed by atoms with E-state index in [1.807, 2.05) is 13.8 Å². The van der Waals surface area contributed by atoms with Crippen LogP contribution < -0.4 is 4.74 Å². The van der Waals surface area contributed by atoms with Crippen molar-refractivity contribution in [1.82, 2.24) is 15.0 Å². The molecule has 1 heterocycles. The predicted octanol–water partition coefficient (Wildman–Crippen LogP) is 1.80. The number of hydrogen-bond acceptors (Lipinski definition) is 6. The number of ether oxygens (including phenoxy) is 2. The Bertz CT molecular complexity index is 394. The van der Waals surface area contributed by atoms with E-state index in [1.165, 1.54) is 0 Å². The van der Waals surface area contributed by atoms with Crippen molar-refractivity contribution in [2.24, 2.45) is 5.92 Å². The maximum absolute atomic E-state index is 11.4. The van der Waals surface area contributed by atoms with Crippen LogP contribution in [0.1, 0.15) is 26.1 Å². The molecular weight excluding hydrogens is 258 g/mol. The van der Waals surface area contributed by atoms with Crippen LogP contribution in [-0.4, -0.2) is 34.1 Å². The van der Waals surface area contributed by atoms with Crippen LogP contribution in [0.15, 0.2) is 0 Å². The molecule has 0 saturated heterocycles. The predicted molar refractivity (Wildman–Crippen MR) is 65.5 cm³/mol. The number of carbonyl (C=O) groups is 1. The highest BCUT2D eigenvalue weighted by Crippen LogP contribution is 2.07. The van der Waals surface area contributed by atoms with E-state index in [1.54, 1.807) is 6.92 Å². The van der Waals surface area contributed by atoms with Gasteiger partial charge in [-0.3, -0.25) is 4.79 Å². The zero-order valence-corrected chi connectivity index (χ0v) is 11.4. The highest BCUT2D eigenvalue weighted by Gasteiger charge is 2.11. The first kappa shape index (κ1) is 14.6. The molecule has 1 atom stereocenters. The molecule has 1 unspecified atom stereocenters. The zero-order chi connectivity index (χ0) is 13.5. The van der Waals surface area contributed by atoms with Gasteiger partial charge in [-0.15, -0.1) is 0 Å². The fourth-order valence-electron chi connectivity index (χ4n) is 1.07. The first-order valence-corrected chi connectivity index (χ1v) is 6.08. The molecule has 0 N–H and O–H groups in total. The lowest BCUT2D eigenvalue weighted by atomic mass is 10.1. The van der Waals surface area contributed by atoms with Gasteiger partial charge in [0.1, 0.15) is 19.0 Å². The second kappa shape index (κ2) is 7.10. The molecule has 0 radical (unpaired) electrons. The second-order valence-electron chi connectivity index (χ2n) is 3.76. The van der Waals surface area contributed by atoms with Crippen molar-refractivity contribution in [3.05, 3.63) is 11.1 Å². The van der Waals surface area contributed by atoms with Crippen LogP contribution in [0.25, 0.3) is 0 Å². The molecule has 0 bridgehead atoms. The molecule has 100 valence electrons. The summed E-state index contributed by atoms with van der Waals surface area (Å²) < 4.78 is 10.2. The SMILES string of the molecule is CCC(C)C(=O)OCCOc1nc(C)nc(Cl)n1. The summed E-state index contributed by atoms with van der Waals surface area (Å²) in [6, 6.07) is 0.132. The minimum absolute atomic E-state index is 0.0779. The molecule has 7 heteroatoms. The fraction of sp³-hybridized carbons (Fsp3) is 0.636. The van der Waals surface area contributed by atoms with Crippen LogP contribution in [0.2, 0.25) is 5.28 Å². The summed E-state index contributed by atoms with van der Waals surface area (Å²) in [6.45, 7) is 5.77. The highest BCUT2D eigenvalue weighted by atomic mass is 35.5. The quantitative estimate of drug-likeness (QED) is 0.581. The number of rotatable bonds is 6. The summed E-state index contributed by atoms with van der Waals surface area (Å²) in [4.78, 5) is 22.9. The summed E-state index contributed by atoms with van der Waals surface area (Å²) in [5.41, 5.74) is 0. The number of carbonyl (C=O) groups excluding carboxylic acids is 1. The molecular formula is C11H16ClN3O3. The molecule has 18 heavy (non-hydrogen) atoms. The molecule has 6 nitrogen and oxygen atoms in total. The zero-order valence-electron chi connectivity index (χ0n) is 10.6. The van der Waals surface area contributed by atoms with Crippen LogP contribution in [0, 0.1) is 12.8 Å². The molecule has 1 aromatic heterocycles. The van der Waals surface area contributed by atoms with Crippen molar-refractivity contribution in [2.45, 2.75) is 27.2 Å². The number of aromatic nitrogens is 3. The van der Waals surface area contributed by atoms with Gasteiger partial charge in [-0.25, -0.2) is 4.98 Å². The topological polar surface area (TPSA) is 74.2 Å². The Kier molecular flexibility index (Phi) is 5.77. The molecule has 0 fully saturated rings. The summed E-state index contributed by atoms with van der Waals surface area (Å²) >= 11 is 5.65. The molecule has 0 saturated carbocycles. The molecule has 0 aliphatic heterocycles. The number of hydrogen-bond donors (Lipinski definition) is 0. The first-order chi connectivity index (χ1) is 8.52. The highest BCUT2D eigenvalue weighted by molar-refractivity contribution is 6.28. The van der Waals surface area contributed by atoms with Gasteiger partial charge >= 0.3 is 12.0 Å².